The number of thiazole rings is 1. The number of halogens is 3. The Hall–Kier alpha value is -2.45. The average Bonchev–Trinajstić information content (AvgIpc) is 3.17. The predicted octanol–water partition coefficient (Wildman–Crippen LogP) is 5.49. The Kier molecular flexibility index (Phi) is 6.08. The first-order chi connectivity index (χ1) is 12.9. The molecule has 0 saturated heterocycles. The van der Waals surface area contributed by atoms with Gasteiger partial charge in [-0.25, -0.2) is 18.6 Å². The van der Waals surface area contributed by atoms with Crippen molar-refractivity contribution in [3.63, 3.8) is 0 Å². The number of amides is 1. The van der Waals surface area contributed by atoms with Gasteiger partial charge in [-0.15, -0.1) is 0 Å². The number of anilines is 1. The van der Waals surface area contributed by atoms with Crippen LogP contribution in [-0.4, -0.2) is 15.6 Å². The summed E-state index contributed by atoms with van der Waals surface area (Å²) < 4.78 is 34.1. The Morgan fingerprint density at radius 2 is 2.11 bits per heavy atom. The van der Waals surface area contributed by atoms with Crippen LogP contribution in [0.4, 0.5) is 18.7 Å². The standard InChI is InChI=1S/C18H16ClF2N3O2S/c1-2-3-11-7-16(26-18(25)23-17-22-8-15(19)27-17)24(9-11)10-12-4-5-13(20)14(21)6-12/h4-9H,2-3,10H2,1H3,(H,22,23,25). The molecule has 0 spiro atoms. The summed E-state index contributed by atoms with van der Waals surface area (Å²) >= 11 is 6.89. The number of carbonyl (C=O) groups excluding carboxylic acids is 1. The molecule has 2 aromatic heterocycles. The number of benzene rings is 1. The Morgan fingerprint density at radius 1 is 1.30 bits per heavy atom. The smallest absolute Gasteiger partial charge is 0.393 e. The largest absolute Gasteiger partial charge is 0.420 e. The summed E-state index contributed by atoms with van der Waals surface area (Å²) in [5, 5.41) is 2.82. The first kappa shape index (κ1) is 19.3. The van der Waals surface area contributed by atoms with Crippen molar-refractivity contribution < 1.29 is 18.3 Å². The van der Waals surface area contributed by atoms with E-state index in [1.807, 2.05) is 13.1 Å². The molecular weight excluding hydrogens is 396 g/mol. The molecule has 0 radical (unpaired) electrons. The number of hydrogen-bond acceptors (Lipinski definition) is 4. The van der Waals surface area contributed by atoms with Crippen LogP contribution in [-0.2, 0) is 13.0 Å². The van der Waals surface area contributed by atoms with Crippen LogP contribution >= 0.6 is 22.9 Å². The van der Waals surface area contributed by atoms with Gasteiger partial charge < -0.3 is 9.30 Å². The number of ether oxygens (including phenoxy) is 1. The highest BCUT2D eigenvalue weighted by molar-refractivity contribution is 7.19. The quantitative estimate of drug-likeness (QED) is 0.583. The minimum Gasteiger partial charge on any atom is -0.393 e. The third-order valence-corrected chi connectivity index (χ3v) is 4.70. The average molecular weight is 412 g/mol. The molecule has 1 N–H and O–H groups in total. The number of rotatable bonds is 6. The van der Waals surface area contributed by atoms with E-state index in [1.165, 1.54) is 12.3 Å². The molecule has 0 saturated carbocycles. The third kappa shape index (κ3) is 5.05. The van der Waals surface area contributed by atoms with Gasteiger partial charge in [0, 0.05) is 12.3 Å². The molecule has 2 heterocycles. The topological polar surface area (TPSA) is 56.1 Å². The lowest BCUT2D eigenvalue weighted by Crippen LogP contribution is -2.18. The molecule has 142 valence electrons. The van der Waals surface area contributed by atoms with Crippen molar-refractivity contribution in [2.24, 2.45) is 0 Å². The molecule has 0 aliphatic carbocycles. The van der Waals surface area contributed by atoms with Crippen molar-refractivity contribution in [2.75, 3.05) is 5.32 Å². The fourth-order valence-corrected chi connectivity index (χ4v) is 3.33. The van der Waals surface area contributed by atoms with E-state index in [1.54, 1.807) is 10.6 Å². The fraction of sp³-hybridized carbons (Fsp3) is 0.222. The molecular formula is C18H16ClF2N3O2S. The summed E-state index contributed by atoms with van der Waals surface area (Å²) in [5.74, 6) is -1.53. The van der Waals surface area contributed by atoms with Crippen molar-refractivity contribution in [1.82, 2.24) is 9.55 Å². The summed E-state index contributed by atoms with van der Waals surface area (Å²) in [7, 11) is 0. The van der Waals surface area contributed by atoms with Crippen molar-refractivity contribution >= 4 is 34.2 Å². The Labute approximate surface area is 163 Å². The zero-order valence-electron chi connectivity index (χ0n) is 14.3. The normalized spacial score (nSPS) is 10.8. The summed E-state index contributed by atoms with van der Waals surface area (Å²) in [4.78, 5) is 16.1. The van der Waals surface area contributed by atoms with Gasteiger partial charge in [-0.1, -0.05) is 42.3 Å². The number of aryl methyl sites for hydroxylation is 1. The van der Waals surface area contributed by atoms with E-state index in [4.69, 9.17) is 16.3 Å². The van der Waals surface area contributed by atoms with E-state index in [-0.39, 0.29) is 6.54 Å². The van der Waals surface area contributed by atoms with E-state index in [2.05, 4.69) is 10.3 Å². The second-order valence-electron chi connectivity index (χ2n) is 5.80. The number of nitrogens with zero attached hydrogens (tertiary/aromatic N) is 2. The number of aromatic nitrogens is 2. The van der Waals surface area contributed by atoms with Crippen LogP contribution in [0.5, 0.6) is 5.88 Å². The molecule has 0 aliphatic rings. The Bertz CT molecular complexity index is 958. The molecule has 1 amide bonds. The maximum absolute atomic E-state index is 13.5. The van der Waals surface area contributed by atoms with Crippen molar-refractivity contribution in [3.8, 4) is 5.88 Å². The van der Waals surface area contributed by atoms with Crippen LogP contribution < -0.4 is 10.1 Å². The first-order valence-corrected chi connectivity index (χ1v) is 9.37. The monoisotopic (exact) mass is 411 g/mol. The van der Waals surface area contributed by atoms with Crippen LogP contribution in [0.25, 0.3) is 0 Å². The number of hydrogen-bond donors (Lipinski definition) is 1. The van der Waals surface area contributed by atoms with Crippen LogP contribution in [0.15, 0.2) is 36.7 Å². The zero-order valence-corrected chi connectivity index (χ0v) is 15.9. The van der Waals surface area contributed by atoms with E-state index >= 15 is 0 Å². The molecule has 3 rings (SSSR count). The molecule has 27 heavy (non-hydrogen) atoms. The van der Waals surface area contributed by atoms with Gasteiger partial charge in [-0.2, -0.15) is 0 Å². The van der Waals surface area contributed by atoms with Crippen molar-refractivity contribution in [1.29, 1.82) is 0 Å². The molecule has 0 atom stereocenters. The van der Waals surface area contributed by atoms with E-state index in [0.29, 0.717) is 20.9 Å². The minimum atomic E-state index is -0.922. The van der Waals surface area contributed by atoms with Gasteiger partial charge in [0.15, 0.2) is 16.8 Å². The fourth-order valence-electron chi connectivity index (χ4n) is 2.53. The second kappa shape index (κ2) is 8.49. The zero-order chi connectivity index (χ0) is 19.4. The molecule has 0 aliphatic heterocycles. The highest BCUT2D eigenvalue weighted by Crippen LogP contribution is 2.24. The Morgan fingerprint density at radius 3 is 2.78 bits per heavy atom. The van der Waals surface area contributed by atoms with Gasteiger partial charge in [0.25, 0.3) is 0 Å². The molecule has 9 heteroatoms. The first-order valence-electron chi connectivity index (χ1n) is 8.17. The SMILES string of the molecule is CCCc1cc(OC(=O)Nc2ncc(Cl)s2)n(Cc2ccc(F)c(F)c2)c1. The third-order valence-electron chi connectivity index (χ3n) is 3.67. The van der Waals surface area contributed by atoms with Gasteiger partial charge >= 0.3 is 6.09 Å². The maximum atomic E-state index is 13.5. The highest BCUT2D eigenvalue weighted by Gasteiger charge is 2.14. The van der Waals surface area contributed by atoms with Crippen LogP contribution in [0.1, 0.15) is 24.5 Å². The lowest BCUT2D eigenvalue weighted by atomic mass is 10.2. The van der Waals surface area contributed by atoms with Gasteiger partial charge in [0.1, 0.15) is 4.34 Å². The summed E-state index contributed by atoms with van der Waals surface area (Å²) in [5.41, 5.74) is 1.52. The summed E-state index contributed by atoms with van der Waals surface area (Å²) in [6.45, 7) is 2.26. The summed E-state index contributed by atoms with van der Waals surface area (Å²) in [6.07, 6.45) is 4.25. The predicted molar refractivity (Wildman–Crippen MR) is 101 cm³/mol. The van der Waals surface area contributed by atoms with Gasteiger partial charge in [0.2, 0.25) is 5.88 Å². The molecule has 5 nitrogen and oxygen atoms in total. The lowest BCUT2D eigenvalue weighted by Gasteiger charge is -2.10. The van der Waals surface area contributed by atoms with Gasteiger partial charge in [-0.05, 0) is 29.7 Å². The number of nitrogens with one attached hydrogen (secondary N) is 1. The van der Waals surface area contributed by atoms with Crippen LogP contribution in [0.2, 0.25) is 4.34 Å². The second-order valence-corrected chi connectivity index (χ2v) is 7.46. The van der Waals surface area contributed by atoms with E-state index in [0.717, 1.165) is 41.9 Å². The van der Waals surface area contributed by atoms with Crippen molar-refractivity contribution in [3.05, 3.63) is 63.8 Å². The van der Waals surface area contributed by atoms with Crippen LogP contribution in [0, 0.1) is 11.6 Å². The lowest BCUT2D eigenvalue weighted by molar-refractivity contribution is 0.211. The summed E-state index contributed by atoms with van der Waals surface area (Å²) in [6, 6.07) is 5.42. The molecule has 1 aromatic carbocycles. The van der Waals surface area contributed by atoms with Crippen molar-refractivity contribution in [2.45, 2.75) is 26.3 Å². The van der Waals surface area contributed by atoms with E-state index < -0.39 is 17.7 Å². The highest BCUT2D eigenvalue weighted by atomic mass is 35.5. The van der Waals surface area contributed by atoms with Crippen LogP contribution in [0.3, 0.4) is 0 Å². The molecule has 3 aromatic rings. The molecule has 0 unspecified atom stereocenters. The van der Waals surface area contributed by atoms with E-state index in [9.17, 15) is 13.6 Å². The van der Waals surface area contributed by atoms with Gasteiger partial charge in [-0.3, -0.25) is 5.32 Å². The molecule has 0 fully saturated rings. The molecule has 0 bridgehead atoms. The maximum Gasteiger partial charge on any atom is 0.420 e. The Balaban J connectivity index is 1.78. The minimum absolute atomic E-state index is 0.229. The van der Waals surface area contributed by atoms with Gasteiger partial charge in [0.05, 0.1) is 12.7 Å². The number of carbonyl (C=O) groups is 1.